The van der Waals surface area contributed by atoms with E-state index in [1.165, 1.54) is 22.7 Å². The zero-order chi connectivity index (χ0) is 27.5. The largest absolute Gasteiger partial charge is 0.326 e. The monoisotopic (exact) mass is 578 g/mol. The van der Waals surface area contributed by atoms with E-state index >= 15 is 0 Å². The number of nitrogens with zero attached hydrogens (tertiary/aromatic N) is 5. The number of anilines is 2. The van der Waals surface area contributed by atoms with Crippen LogP contribution in [-0.2, 0) is 41.8 Å². The van der Waals surface area contributed by atoms with Gasteiger partial charge in [-0.2, -0.15) is 17.0 Å². The molecule has 10 nitrogen and oxygen atoms in total. The number of thioether (sulfide) groups is 1. The molecule has 0 aliphatic heterocycles. The second-order valence-electron chi connectivity index (χ2n) is 8.40. The van der Waals surface area contributed by atoms with Gasteiger partial charge in [-0.1, -0.05) is 59.1 Å². The van der Waals surface area contributed by atoms with Crippen LogP contribution in [-0.4, -0.2) is 43.7 Å². The average Bonchev–Trinajstić information content (AvgIpc) is 3.57. The van der Waals surface area contributed by atoms with E-state index in [0.29, 0.717) is 22.4 Å². The maximum Gasteiger partial charge on any atom is 0.230 e. The first kappa shape index (κ1) is 28.3. The van der Waals surface area contributed by atoms with Gasteiger partial charge in [0.2, 0.25) is 22.1 Å². The molecule has 0 atom stereocenters. The zero-order valence-electron chi connectivity index (χ0n) is 20.9. The second-order valence-corrected chi connectivity index (χ2v) is 11.7. The first-order chi connectivity index (χ1) is 19.0. The van der Waals surface area contributed by atoms with Gasteiger partial charge in [-0.15, -0.1) is 20.4 Å². The first-order valence-corrected chi connectivity index (χ1v) is 14.9. The number of carbonyl (C=O) groups is 2. The number of nitrogens with one attached hydrogen (secondary N) is 2. The molecule has 0 aliphatic rings. The molecule has 0 fully saturated rings. The molecule has 0 aliphatic carbocycles. The van der Waals surface area contributed by atoms with Crippen LogP contribution in [0.4, 0.5) is 10.3 Å². The van der Waals surface area contributed by atoms with Crippen molar-refractivity contribution in [1.29, 1.82) is 5.26 Å². The van der Waals surface area contributed by atoms with E-state index in [0.717, 1.165) is 51.1 Å². The zero-order valence-corrected chi connectivity index (χ0v) is 23.4. The topological polar surface area (TPSA) is 160 Å². The quantitative estimate of drug-likeness (QED) is 0.201. The van der Waals surface area contributed by atoms with Crippen molar-refractivity contribution >= 4 is 56.5 Å². The molecule has 13 heteroatoms. The van der Waals surface area contributed by atoms with E-state index in [2.05, 4.69) is 37.1 Å². The third-order valence-corrected chi connectivity index (χ3v) is 8.14. The van der Waals surface area contributed by atoms with Crippen LogP contribution < -0.4 is 16.4 Å². The lowest BCUT2D eigenvalue weighted by atomic mass is 10.1. The molecule has 0 saturated carbocycles. The maximum absolute atomic E-state index is 12.3. The predicted octanol–water partition coefficient (Wildman–Crippen LogP) is 3.60. The summed E-state index contributed by atoms with van der Waals surface area (Å²) in [6, 6.07) is 16.7. The summed E-state index contributed by atoms with van der Waals surface area (Å²) in [5.41, 5.74) is 8.85. The van der Waals surface area contributed by atoms with Crippen molar-refractivity contribution in [2.24, 2.45) is 5.73 Å². The lowest BCUT2D eigenvalue weighted by molar-refractivity contribution is -0.116. The van der Waals surface area contributed by atoms with Gasteiger partial charge >= 0.3 is 0 Å². The highest BCUT2D eigenvalue weighted by molar-refractivity contribution is 7.99. The van der Waals surface area contributed by atoms with E-state index in [9.17, 15) is 9.59 Å². The molecule has 2 amide bonds. The molecular weight excluding hydrogens is 553 g/mol. The van der Waals surface area contributed by atoms with Gasteiger partial charge in [0.1, 0.15) is 10.0 Å². The Morgan fingerprint density at radius 3 is 1.92 bits per heavy atom. The SMILES string of the molecule is N#Cc1cccc(CC(=O)Nc2nnc(CCSCCc3nnc(NC(=O)Cc4cccc(CN)c4)s3)s2)c1. The van der Waals surface area contributed by atoms with Crippen LogP contribution in [0, 0.1) is 11.3 Å². The van der Waals surface area contributed by atoms with E-state index < -0.39 is 0 Å². The molecule has 4 aromatic rings. The van der Waals surface area contributed by atoms with Gasteiger partial charge in [-0.3, -0.25) is 9.59 Å². The van der Waals surface area contributed by atoms with E-state index in [1.807, 2.05) is 30.3 Å². The summed E-state index contributed by atoms with van der Waals surface area (Å²) in [6.07, 6.45) is 1.91. The van der Waals surface area contributed by atoms with Gasteiger partial charge in [-0.25, -0.2) is 0 Å². The molecule has 2 aromatic heterocycles. The summed E-state index contributed by atoms with van der Waals surface area (Å²) in [5.74, 6) is 1.38. The molecule has 0 spiro atoms. The maximum atomic E-state index is 12.3. The molecule has 0 radical (unpaired) electrons. The summed E-state index contributed by atoms with van der Waals surface area (Å²) in [4.78, 5) is 24.6. The minimum Gasteiger partial charge on any atom is -0.326 e. The summed E-state index contributed by atoms with van der Waals surface area (Å²) in [5, 5.41) is 33.7. The summed E-state index contributed by atoms with van der Waals surface area (Å²) in [6.45, 7) is 0.439. The molecule has 39 heavy (non-hydrogen) atoms. The number of carbonyl (C=O) groups excluding carboxylic acids is 2. The Morgan fingerprint density at radius 2 is 1.36 bits per heavy atom. The van der Waals surface area contributed by atoms with Crippen LogP contribution in [0.2, 0.25) is 0 Å². The Hall–Kier alpha value is -3.70. The van der Waals surface area contributed by atoms with Gasteiger partial charge in [0.25, 0.3) is 0 Å². The number of nitriles is 1. The van der Waals surface area contributed by atoms with Crippen molar-refractivity contribution in [3.63, 3.8) is 0 Å². The van der Waals surface area contributed by atoms with E-state index in [1.54, 1.807) is 30.0 Å². The highest BCUT2D eigenvalue weighted by atomic mass is 32.2. The lowest BCUT2D eigenvalue weighted by Gasteiger charge is -2.03. The molecule has 2 heterocycles. The Bertz CT molecular complexity index is 1460. The van der Waals surface area contributed by atoms with Gasteiger partial charge < -0.3 is 16.4 Å². The number of rotatable bonds is 13. The summed E-state index contributed by atoms with van der Waals surface area (Å²) in [7, 11) is 0. The Labute approximate surface area is 238 Å². The average molecular weight is 579 g/mol. The van der Waals surface area contributed by atoms with Crippen LogP contribution >= 0.6 is 34.4 Å². The molecule has 0 bridgehead atoms. The smallest absolute Gasteiger partial charge is 0.230 e. The van der Waals surface area contributed by atoms with E-state index in [4.69, 9.17) is 11.0 Å². The molecule has 4 rings (SSSR count). The van der Waals surface area contributed by atoms with Crippen LogP contribution in [0.1, 0.15) is 32.3 Å². The van der Waals surface area contributed by atoms with Crippen molar-refractivity contribution in [3.8, 4) is 6.07 Å². The fourth-order valence-electron chi connectivity index (χ4n) is 3.55. The fourth-order valence-corrected chi connectivity index (χ4v) is 6.20. The number of benzene rings is 2. The van der Waals surface area contributed by atoms with Crippen molar-refractivity contribution < 1.29 is 9.59 Å². The second kappa shape index (κ2) is 14.5. The van der Waals surface area contributed by atoms with Crippen molar-refractivity contribution in [3.05, 3.63) is 80.8 Å². The molecule has 0 unspecified atom stereocenters. The van der Waals surface area contributed by atoms with Crippen LogP contribution in [0.15, 0.2) is 48.5 Å². The highest BCUT2D eigenvalue weighted by Crippen LogP contribution is 2.20. The predicted molar refractivity (Wildman–Crippen MR) is 155 cm³/mol. The van der Waals surface area contributed by atoms with Gasteiger partial charge in [0, 0.05) is 19.4 Å². The Morgan fingerprint density at radius 1 is 0.821 bits per heavy atom. The standard InChI is InChI=1S/C26H26N8O2S3/c27-15-19-5-1-3-17(11-19)13-21(35)29-25-33-31-23(38-25)7-9-37-10-8-24-32-34-26(39-24)30-22(36)14-18-4-2-6-20(12-18)16-28/h1-6,11-12H,7-10,13-15,27H2,(H,29,33,35)(H,30,34,36). The molecule has 200 valence electrons. The third kappa shape index (κ3) is 9.22. The normalized spacial score (nSPS) is 10.7. The molecular formula is C26H26N8O2S3. The van der Waals surface area contributed by atoms with Crippen LogP contribution in [0.5, 0.6) is 0 Å². The first-order valence-electron chi connectivity index (χ1n) is 12.1. The summed E-state index contributed by atoms with van der Waals surface area (Å²) >= 11 is 4.51. The lowest BCUT2D eigenvalue weighted by Crippen LogP contribution is -2.14. The molecule has 4 N–H and O–H groups in total. The van der Waals surface area contributed by atoms with Crippen molar-refractivity contribution in [2.45, 2.75) is 32.2 Å². The number of hydrogen-bond donors (Lipinski definition) is 3. The number of hydrogen-bond acceptors (Lipinski definition) is 11. The number of nitrogens with two attached hydrogens (primary N) is 1. The number of amides is 2. The van der Waals surface area contributed by atoms with Gasteiger partial charge in [-0.05, 0) is 40.3 Å². The van der Waals surface area contributed by atoms with Crippen molar-refractivity contribution in [1.82, 2.24) is 20.4 Å². The van der Waals surface area contributed by atoms with Crippen molar-refractivity contribution in [2.75, 3.05) is 22.1 Å². The molecule has 0 saturated heterocycles. The summed E-state index contributed by atoms with van der Waals surface area (Å²) < 4.78 is 0. The van der Waals surface area contributed by atoms with Gasteiger partial charge in [0.15, 0.2) is 0 Å². The Kier molecular flexibility index (Phi) is 10.5. The van der Waals surface area contributed by atoms with Crippen LogP contribution in [0.25, 0.3) is 0 Å². The number of aryl methyl sites for hydroxylation is 2. The third-order valence-electron chi connectivity index (χ3n) is 5.36. The van der Waals surface area contributed by atoms with E-state index in [-0.39, 0.29) is 24.7 Å². The highest BCUT2D eigenvalue weighted by Gasteiger charge is 2.11. The van der Waals surface area contributed by atoms with Crippen LogP contribution in [0.3, 0.4) is 0 Å². The van der Waals surface area contributed by atoms with Gasteiger partial charge in [0.05, 0.1) is 24.5 Å². The Balaban J connectivity index is 1.12. The fraction of sp³-hybridized carbons (Fsp3) is 0.269. The minimum absolute atomic E-state index is 0.137. The minimum atomic E-state index is -0.199. The number of aromatic nitrogens is 4. The molecule has 2 aromatic carbocycles.